The Kier molecular flexibility index (Phi) is 8.37. The molecular weight excluding hydrogens is 332 g/mol. The molecule has 1 N–H and O–H groups in total. The topological polar surface area (TPSA) is 29.5 Å². The summed E-state index contributed by atoms with van der Waals surface area (Å²) < 4.78 is 6.10. The fourth-order valence-corrected chi connectivity index (χ4v) is 3.93. The van der Waals surface area contributed by atoms with E-state index in [2.05, 4.69) is 52.8 Å². The summed E-state index contributed by atoms with van der Waals surface area (Å²) in [5.41, 5.74) is 7.40. The number of hydrogen-bond donors (Lipinski definition) is 1. The van der Waals surface area contributed by atoms with Gasteiger partial charge in [-0.3, -0.25) is 0 Å². The van der Waals surface area contributed by atoms with Crippen molar-refractivity contribution in [2.75, 3.05) is 6.61 Å². The molecule has 2 rings (SSSR count). The van der Waals surface area contributed by atoms with Crippen LogP contribution in [-0.4, -0.2) is 11.7 Å². The van der Waals surface area contributed by atoms with Gasteiger partial charge in [-0.1, -0.05) is 50.1 Å². The summed E-state index contributed by atoms with van der Waals surface area (Å²) in [5.74, 6) is 1.70. The van der Waals surface area contributed by atoms with E-state index >= 15 is 0 Å². The zero-order chi connectivity index (χ0) is 19.8. The maximum absolute atomic E-state index is 9.32. The highest BCUT2D eigenvalue weighted by Gasteiger charge is 2.11. The highest BCUT2D eigenvalue weighted by Crippen LogP contribution is 2.26. The fraction of sp³-hybridized carbons (Fsp3) is 0.520. The van der Waals surface area contributed by atoms with Gasteiger partial charge in [0.05, 0.1) is 13.2 Å². The molecule has 0 unspecified atom stereocenters. The van der Waals surface area contributed by atoms with Crippen molar-refractivity contribution in [2.45, 2.75) is 73.3 Å². The number of rotatable bonds is 10. The first-order valence-electron chi connectivity index (χ1n) is 10.3. The standard InChI is InChI=1S/C25H36O2/c1-6-8-22(16-23-11-10-18(2)19(3)13-23)9-7-12-27-25-20(4)14-24(17-26)15-21(25)5/h10-11,13-15,22,26H,6-9,12,16-17H2,1-5H3/t22-/m0/s1. The number of benzene rings is 2. The minimum Gasteiger partial charge on any atom is -0.493 e. The Labute approximate surface area is 165 Å². The summed E-state index contributed by atoms with van der Waals surface area (Å²) in [5, 5.41) is 9.32. The van der Waals surface area contributed by atoms with Crippen LogP contribution in [0.15, 0.2) is 30.3 Å². The third kappa shape index (κ3) is 6.39. The van der Waals surface area contributed by atoms with Gasteiger partial charge in [-0.2, -0.15) is 0 Å². The molecule has 0 aromatic heterocycles. The predicted octanol–water partition coefficient (Wildman–Crippen LogP) is 6.23. The second-order valence-corrected chi connectivity index (χ2v) is 7.98. The predicted molar refractivity (Wildman–Crippen MR) is 115 cm³/mol. The number of ether oxygens (including phenoxy) is 1. The molecule has 0 aliphatic rings. The molecule has 0 amide bonds. The SMILES string of the molecule is CCC[C@@H](CCCOc1c(C)cc(CO)cc1C)Cc1ccc(C)c(C)c1. The molecule has 0 fully saturated rings. The quantitative estimate of drug-likeness (QED) is 0.504. The number of aryl methyl sites for hydroxylation is 4. The van der Waals surface area contributed by atoms with E-state index in [0.29, 0.717) is 0 Å². The van der Waals surface area contributed by atoms with Crippen molar-refractivity contribution in [1.29, 1.82) is 0 Å². The Hall–Kier alpha value is -1.80. The summed E-state index contributed by atoms with van der Waals surface area (Å²) in [6.07, 6.45) is 5.95. The van der Waals surface area contributed by atoms with Gasteiger partial charge in [0.25, 0.3) is 0 Å². The Bertz CT molecular complexity index is 710. The van der Waals surface area contributed by atoms with Crippen molar-refractivity contribution in [3.63, 3.8) is 0 Å². The van der Waals surface area contributed by atoms with Crippen molar-refractivity contribution in [1.82, 2.24) is 0 Å². The maximum atomic E-state index is 9.32. The minimum absolute atomic E-state index is 0.0825. The summed E-state index contributed by atoms with van der Waals surface area (Å²) in [4.78, 5) is 0. The first-order chi connectivity index (χ1) is 12.9. The van der Waals surface area contributed by atoms with Crippen LogP contribution in [0.1, 0.15) is 66.0 Å². The van der Waals surface area contributed by atoms with Gasteiger partial charge in [-0.25, -0.2) is 0 Å². The Morgan fingerprint density at radius 3 is 2.11 bits per heavy atom. The van der Waals surface area contributed by atoms with Crippen LogP contribution in [0.4, 0.5) is 0 Å². The molecule has 0 bridgehead atoms. The maximum Gasteiger partial charge on any atom is 0.125 e. The van der Waals surface area contributed by atoms with E-state index in [4.69, 9.17) is 4.74 Å². The molecule has 148 valence electrons. The van der Waals surface area contributed by atoms with Crippen LogP contribution < -0.4 is 4.74 Å². The average Bonchev–Trinajstić information content (AvgIpc) is 2.63. The van der Waals surface area contributed by atoms with Crippen molar-refractivity contribution in [3.05, 3.63) is 63.7 Å². The molecule has 0 spiro atoms. The molecule has 2 aromatic carbocycles. The molecule has 2 nitrogen and oxygen atoms in total. The molecule has 27 heavy (non-hydrogen) atoms. The molecule has 2 heteroatoms. The summed E-state index contributed by atoms with van der Waals surface area (Å²) in [7, 11) is 0. The van der Waals surface area contributed by atoms with E-state index in [1.807, 2.05) is 12.1 Å². The lowest BCUT2D eigenvalue weighted by Gasteiger charge is -2.18. The van der Waals surface area contributed by atoms with E-state index in [1.165, 1.54) is 36.0 Å². The molecule has 0 aliphatic heterocycles. The highest BCUT2D eigenvalue weighted by molar-refractivity contribution is 5.43. The van der Waals surface area contributed by atoms with Gasteiger partial charge in [-0.15, -0.1) is 0 Å². The number of aliphatic hydroxyl groups excluding tert-OH is 1. The summed E-state index contributed by atoms with van der Waals surface area (Å²) in [6, 6.07) is 10.9. The summed E-state index contributed by atoms with van der Waals surface area (Å²) in [6.45, 7) is 11.6. The molecule has 1 atom stereocenters. The first kappa shape index (κ1) is 21.5. The van der Waals surface area contributed by atoms with Crippen molar-refractivity contribution < 1.29 is 9.84 Å². The smallest absolute Gasteiger partial charge is 0.125 e. The second kappa shape index (κ2) is 10.5. The molecule has 0 saturated carbocycles. The number of hydrogen-bond acceptors (Lipinski definition) is 2. The normalized spacial score (nSPS) is 12.2. The largest absolute Gasteiger partial charge is 0.493 e. The number of aliphatic hydroxyl groups is 1. The van der Waals surface area contributed by atoms with Gasteiger partial charge < -0.3 is 9.84 Å². The molecule has 0 saturated heterocycles. The van der Waals surface area contributed by atoms with Crippen LogP contribution in [-0.2, 0) is 13.0 Å². The van der Waals surface area contributed by atoms with Crippen LogP contribution in [0, 0.1) is 33.6 Å². The van der Waals surface area contributed by atoms with E-state index in [-0.39, 0.29) is 6.61 Å². The zero-order valence-electron chi connectivity index (χ0n) is 17.8. The molecular formula is C25H36O2. The van der Waals surface area contributed by atoms with Crippen molar-refractivity contribution in [3.8, 4) is 5.75 Å². The van der Waals surface area contributed by atoms with Crippen molar-refractivity contribution in [2.24, 2.45) is 5.92 Å². The van der Waals surface area contributed by atoms with Crippen LogP contribution in [0.5, 0.6) is 5.75 Å². The van der Waals surface area contributed by atoms with Crippen LogP contribution in [0.2, 0.25) is 0 Å². The van der Waals surface area contributed by atoms with Gasteiger partial charge in [0.2, 0.25) is 0 Å². The van der Waals surface area contributed by atoms with Gasteiger partial charge in [0.15, 0.2) is 0 Å². The Morgan fingerprint density at radius 1 is 0.852 bits per heavy atom. The molecule has 0 radical (unpaired) electrons. The third-order valence-corrected chi connectivity index (χ3v) is 5.50. The second-order valence-electron chi connectivity index (χ2n) is 7.98. The van der Waals surface area contributed by atoms with Crippen LogP contribution in [0.25, 0.3) is 0 Å². The fourth-order valence-electron chi connectivity index (χ4n) is 3.93. The van der Waals surface area contributed by atoms with Crippen molar-refractivity contribution >= 4 is 0 Å². The zero-order valence-corrected chi connectivity index (χ0v) is 17.8. The Balaban J connectivity index is 1.88. The minimum atomic E-state index is 0.0825. The van der Waals surface area contributed by atoms with E-state index in [1.54, 1.807) is 0 Å². The van der Waals surface area contributed by atoms with Crippen LogP contribution in [0.3, 0.4) is 0 Å². The molecule has 0 heterocycles. The molecule has 2 aromatic rings. The van der Waals surface area contributed by atoms with Gasteiger partial charge in [-0.05, 0) is 86.3 Å². The van der Waals surface area contributed by atoms with E-state index in [9.17, 15) is 5.11 Å². The lowest BCUT2D eigenvalue weighted by atomic mass is 9.90. The monoisotopic (exact) mass is 368 g/mol. The Morgan fingerprint density at radius 2 is 1.52 bits per heavy atom. The average molecular weight is 369 g/mol. The van der Waals surface area contributed by atoms with E-state index < -0.39 is 0 Å². The van der Waals surface area contributed by atoms with E-state index in [0.717, 1.165) is 47.8 Å². The highest BCUT2D eigenvalue weighted by atomic mass is 16.5. The van der Waals surface area contributed by atoms with Gasteiger partial charge in [0.1, 0.15) is 5.75 Å². The first-order valence-corrected chi connectivity index (χ1v) is 10.3. The van der Waals surface area contributed by atoms with Gasteiger partial charge in [0, 0.05) is 0 Å². The lowest BCUT2D eigenvalue weighted by molar-refractivity contribution is 0.277. The van der Waals surface area contributed by atoms with Crippen LogP contribution >= 0.6 is 0 Å². The lowest BCUT2D eigenvalue weighted by Crippen LogP contribution is -2.08. The summed E-state index contributed by atoms with van der Waals surface area (Å²) >= 11 is 0. The molecule has 0 aliphatic carbocycles. The third-order valence-electron chi connectivity index (χ3n) is 5.50. The van der Waals surface area contributed by atoms with Gasteiger partial charge >= 0.3 is 0 Å².